The lowest BCUT2D eigenvalue weighted by Crippen LogP contribution is -2.48. The largest absolute Gasteiger partial charge is 0.444 e. The normalized spacial score (nSPS) is 35.7. The summed E-state index contributed by atoms with van der Waals surface area (Å²) in [6.07, 6.45) is -3.93. The van der Waals surface area contributed by atoms with Gasteiger partial charge in [0.1, 0.15) is 17.9 Å². The van der Waals surface area contributed by atoms with E-state index in [4.69, 9.17) is 9.47 Å². The fourth-order valence-electron chi connectivity index (χ4n) is 2.88. The van der Waals surface area contributed by atoms with Crippen molar-refractivity contribution in [3.8, 4) is 0 Å². The molecule has 1 amide bonds. The summed E-state index contributed by atoms with van der Waals surface area (Å²) in [5.41, 5.74) is -2.05. The molecular formula is C14H22F2N2O5S. The molecule has 3 rings (SSSR count). The van der Waals surface area contributed by atoms with Gasteiger partial charge in [-0.15, -0.1) is 0 Å². The van der Waals surface area contributed by atoms with Gasteiger partial charge in [0.2, 0.25) is 16.4 Å². The molecule has 0 aromatic rings. The number of rotatable bonds is 6. The maximum absolute atomic E-state index is 13.1. The van der Waals surface area contributed by atoms with Gasteiger partial charge >= 0.3 is 6.09 Å². The summed E-state index contributed by atoms with van der Waals surface area (Å²) in [5.74, 6) is -1.08. The smallest absolute Gasteiger partial charge is 0.408 e. The molecule has 10 heteroatoms. The molecule has 0 bridgehead atoms. The van der Waals surface area contributed by atoms with Crippen molar-refractivity contribution < 1.29 is 31.5 Å². The Morgan fingerprint density at radius 1 is 1.33 bits per heavy atom. The van der Waals surface area contributed by atoms with E-state index in [1.807, 2.05) is 0 Å². The number of amides is 1. The monoisotopic (exact) mass is 368 g/mol. The van der Waals surface area contributed by atoms with E-state index in [2.05, 4.69) is 10.0 Å². The van der Waals surface area contributed by atoms with E-state index in [0.717, 1.165) is 0 Å². The van der Waals surface area contributed by atoms with Crippen molar-refractivity contribution in [3.05, 3.63) is 0 Å². The lowest BCUT2D eigenvalue weighted by molar-refractivity contribution is 0.0446. The van der Waals surface area contributed by atoms with Crippen LogP contribution in [0.4, 0.5) is 13.6 Å². The Morgan fingerprint density at radius 2 is 1.96 bits per heavy atom. The van der Waals surface area contributed by atoms with Crippen LogP contribution in [0.5, 0.6) is 0 Å². The van der Waals surface area contributed by atoms with Crippen molar-refractivity contribution in [1.29, 1.82) is 0 Å². The van der Waals surface area contributed by atoms with Gasteiger partial charge in [-0.2, -0.15) is 4.72 Å². The number of nitrogens with one attached hydrogen (secondary N) is 2. The summed E-state index contributed by atoms with van der Waals surface area (Å²) in [7, 11) is -3.49. The summed E-state index contributed by atoms with van der Waals surface area (Å²) in [6, 6.07) is 0. The van der Waals surface area contributed by atoms with E-state index < -0.39 is 57.2 Å². The van der Waals surface area contributed by atoms with E-state index in [1.54, 1.807) is 20.8 Å². The molecule has 2 saturated carbocycles. The van der Waals surface area contributed by atoms with Gasteiger partial charge < -0.3 is 14.8 Å². The minimum Gasteiger partial charge on any atom is -0.444 e. The van der Waals surface area contributed by atoms with Crippen LogP contribution in [0.15, 0.2) is 0 Å². The molecule has 1 heterocycles. The Bertz CT molecular complexity index is 632. The van der Waals surface area contributed by atoms with Gasteiger partial charge in [0, 0.05) is 5.92 Å². The molecule has 7 nitrogen and oxygen atoms in total. The molecule has 0 aromatic heterocycles. The highest BCUT2D eigenvalue weighted by Crippen LogP contribution is 2.56. The molecule has 1 saturated heterocycles. The Kier molecular flexibility index (Phi) is 4.08. The molecule has 2 aliphatic carbocycles. The van der Waals surface area contributed by atoms with Gasteiger partial charge in [0.25, 0.3) is 0 Å². The van der Waals surface area contributed by atoms with Crippen LogP contribution < -0.4 is 10.0 Å². The van der Waals surface area contributed by atoms with Gasteiger partial charge in [0.05, 0.1) is 10.8 Å². The molecule has 0 aromatic carbocycles. The molecule has 1 aliphatic heterocycles. The summed E-state index contributed by atoms with van der Waals surface area (Å²) < 4.78 is 62.8. The van der Waals surface area contributed by atoms with Crippen molar-refractivity contribution in [3.63, 3.8) is 0 Å². The van der Waals surface area contributed by atoms with Gasteiger partial charge in [-0.1, -0.05) is 0 Å². The zero-order valence-electron chi connectivity index (χ0n) is 13.7. The highest BCUT2D eigenvalue weighted by Gasteiger charge is 2.72. The fourth-order valence-corrected chi connectivity index (χ4v) is 4.34. The van der Waals surface area contributed by atoms with E-state index in [9.17, 15) is 22.0 Å². The summed E-state index contributed by atoms with van der Waals surface area (Å²) in [4.78, 5) is 12.0. The number of ether oxygens (including phenoxy) is 2. The number of alkyl carbamates (subject to hydrolysis) is 1. The zero-order valence-corrected chi connectivity index (χ0v) is 14.5. The predicted molar refractivity (Wildman–Crippen MR) is 80.0 cm³/mol. The van der Waals surface area contributed by atoms with Crippen molar-refractivity contribution in [2.24, 2.45) is 5.92 Å². The SMILES string of the molecule is CC(C)(C)OC(=O)N[C@]1(C2OC2NS(=O)(=O)C2CC2)C[C@H]1C(F)F. The second kappa shape index (κ2) is 5.50. The quantitative estimate of drug-likeness (QED) is 0.690. The van der Waals surface area contributed by atoms with Crippen LogP contribution in [0.3, 0.4) is 0 Å². The minimum absolute atomic E-state index is 0.0240. The first kappa shape index (κ1) is 17.8. The van der Waals surface area contributed by atoms with E-state index in [1.165, 1.54) is 0 Å². The highest BCUT2D eigenvalue weighted by molar-refractivity contribution is 7.90. The second-order valence-corrected chi connectivity index (χ2v) is 9.64. The van der Waals surface area contributed by atoms with Crippen LogP contribution in [-0.2, 0) is 19.5 Å². The number of carbonyl (C=O) groups is 1. The molecule has 138 valence electrons. The highest BCUT2D eigenvalue weighted by atomic mass is 32.2. The Labute approximate surface area is 139 Å². The molecule has 4 atom stereocenters. The third kappa shape index (κ3) is 3.65. The lowest BCUT2D eigenvalue weighted by Gasteiger charge is -2.23. The van der Waals surface area contributed by atoms with E-state index >= 15 is 0 Å². The van der Waals surface area contributed by atoms with Crippen LogP contribution >= 0.6 is 0 Å². The predicted octanol–water partition coefficient (Wildman–Crippen LogP) is 1.34. The van der Waals surface area contributed by atoms with Crippen molar-refractivity contribution in [2.75, 3.05) is 0 Å². The molecule has 3 aliphatic rings. The van der Waals surface area contributed by atoms with Crippen LogP contribution in [0.25, 0.3) is 0 Å². The summed E-state index contributed by atoms with van der Waals surface area (Å²) in [6.45, 7) is 4.99. The van der Waals surface area contributed by atoms with E-state index in [0.29, 0.717) is 12.8 Å². The first-order chi connectivity index (χ1) is 10.9. The number of halogens is 2. The molecule has 2 unspecified atom stereocenters. The van der Waals surface area contributed by atoms with Crippen LogP contribution in [0.2, 0.25) is 0 Å². The van der Waals surface area contributed by atoms with Gasteiger partial charge in [0.15, 0.2) is 0 Å². The average Bonchev–Trinajstić information content (AvgIpc) is 3.23. The lowest BCUT2D eigenvalue weighted by atomic mass is 10.1. The first-order valence-corrected chi connectivity index (χ1v) is 9.45. The van der Waals surface area contributed by atoms with Gasteiger partial charge in [-0.05, 0) is 40.0 Å². The number of epoxide rings is 1. The minimum atomic E-state index is -3.49. The molecular weight excluding hydrogens is 346 g/mol. The standard InChI is InChI=1S/C14H22F2N2O5S/c1-13(2,3)23-12(19)17-14(6-8(14)10(15)16)9-11(22-9)18-24(20,21)7-4-5-7/h7-11,18H,4-6H2,1-3H3,(H,17,19)/t8-,9?,11?,14+/m0/s1. The van der Waals surface area contributed by atoms with Crippen molar-refractivity contribution in [2.45, 2.75) is 75.2 Å². The summed E-state index contributed by atoms with van der Waals surface area (Å²) >= 11 is 0. The zero-order chi connectivity index (χ0) is 17.9. The Hall–Kier alpha value is -1.00. The number of sulfonamides is 1. The Balaban J connectivity index is 1.64. The molecule has 24 heavy (non-hydrogen) atoms. The molecule has 2 N–H and O–H groups in total. The Morgan fingerprint density at radius 3 is 2.42 bits per heavy atom. The molecule has 0 radical (unpaired) electrons. The topological polar surface area (TPSA) is 97.0 Å². The maximum Gasteiger partial charge on any atom is 0.408 e. The number of carbonyl (C=O) groups excluding carboxylic acids is 1. The van der Waals surface area contributed by atoms with Crippen molar-refractivity contribution in [1.82, 2.24) is 10.0 Å². The fraction of sp³-hybridized carbons (Fsp3) is 0.929. The second-order valence-electron chi connectivity index (χ2n) is 7.65. The van der Waals surface area contributed by atoms with Gasteiger partial charge in [-0.25, -0.2) is 22.0 Å². The van der Waals surface area contributed by atoms with Crippen LogP contribution in [-0.4, -0.2) is 49.7 Å². The van der Waals surface area contributed by atoms with Crippen LogP contribution in [0.1, 0.15) is 40.0 Å². The number of alkyl halides is 2. The molecule has 0 spiro atoms. The third-order valence-corrected chi connectivity index (χ3v) is 6.25. The average molecular weight is 368 g/mol. The number of hydrogen-bond donors (Lipinski definition) is 2. The van der Waals surface area contributed by atoms with E-state index in [-0.39, 0.29) is 6.42 Å². The number of hydrogen-bond acceptors (Lipinski definition) is 5. The first-order valence-electron chi connectivity index (χ1n) is 7.90. The summed E-state index contributed by atoms with van der Waals surface area (Å²) in [5, 5.41) is 2.05. The third-order valence-electron chi connectivity index (χ3n) is 4.34. The van der Waals surface area contributed by atoms with Crippen molar-refractivity contribution >= 4 is 16.1 Å². The maximum atomic E-state index is 13.1. The molecule has 3 fully saturated rings. The van der Waals surface area contributed by atoms with Gasteiger partial charge in [-0.3, -0.25) is 0 Å². The van der Waals surface area contributed by atoms with Crippen LogP contribution in [0, 0.1) is 5.92 Å².